The summed E-state index contributed by atoms with van der Waals surface area (Å²) in [4.78, 5) is 5.20. The van der Waals surface area contributed by atoms with Crippen molar-refractivity contribution in [2.24, 2.45) is 0 Å². The van der Waals surface area contributed by atoms with E-state index in [0.29, 0.717) is 6.04 Å². The van der Waals surface area contributed by atoms with E-state index >= 15 is 0 Å². The summed E-state index contributed by atoms with van der Waals surface area (Å²) in [5.41, 5.74) is 2.80. The molecule has 0 saturated carbocycles. The molecular formula is C21H28N2O. The number of hydrogen-bond acceptors (Lipinski definition) is 3. The van der Waals surface area contributed by atoms with E-state index in [0.717, 1.165) is 45.8 Å². The Morgan fingerprint density at radius 2 is 1.50 bits per heavy atom. The third kappa shape index (κ3) is 4.91. The van der Waals surface area contributed by atoms with Crippen molar-refractivity contribution >= 4 is 0 Å². The first-order valence-electron chi connectivity index (χ1n) is 8.88. The maximum atomic E-state index is 5.35. The molecule has 1 aliphatic heterocycles. The van der Waals surface area contributed by atoms with Gasteiger partial charge in [0.1, 0.15) is 0 Å². The molecule has 2 aromatic carbocycles. The van der Waals surface area contributed by atoms with Gasteiger partial charge >= 0.3 is 0 Å². The number of benzene rings is 2. The summed E-state index contributed by atoms with van der Waals surface area (Å²) in [7, 11) is 1.80. The largest absolute Gasteiger partial charge is 0.385 e. The molecule has 0 radical (unpaired) electrons. The molecule has 128 valence electrons. The Kier molecular flexibility index (Phi) is 6.41. The smallest absolute Gasteiger partial charge is 0.0477 e. The molecule has 3 rings (SSSR count). The lowest BCUT2D eigenvalue weighted by molar-refractivity contribution is 0.0442. The molecule has 3 heteroatoms. The summed E-state index contributed by atoms with van der Waals surface area (Å²) >= 11 is 0. The zero-order valence-electron chi connectivity index (χ0n) is 14.6. The second-order valence-electron chi connectivity index (χ2n) is 6.61. The van der Waals surface area contributed by atoms with Crippen molar-refractivity contribution in [1.29, 1.82) is 0 Å². The Hall–Kier alpha value is -1.68. The predicted octanol–water partition coefficient (Wildman–Crippen LogP) is 3.41. The average Bonchev–Trinajstić information content (AvgIpc) is 2.63. The van der Waals surface area contributed by atoms with Crippen LogP contribution in [-0.2, 0) is 17.8 Å². The van der Waals surface area contributed by atoms with Crippen molar-refractivity contribution in [2.45, 2.75) is 25.6 Å². The van der Waals surface area contributed by atoms with E-state index in [1.807, 2.05) is 0 Å². The van der Waals surface area contributed by atoms with Gasteiger partial charge in [-0.3, -0.25) is 9.80 Å². The summed E-state index contributed by atoms with van der Waals surface area (Å²) in [6.07, 6.45) is 1.09. The third-order valence-electron chi connectivity index (χ3n) is 4.82. The van der Waals surface area contributed by atoms with Crippen LogP contribution in [-0.4, -0.2) is 49.2 Å². The van der Waals surface area contributed by atoms with Crippen LogP contribution in [0.4, 0.5) is 0 Å². The van der Waals surface area contributed by atoms with Crippen LogP contribution in [0.15, 0.2) is 60.7 Å². The lowest BCUT2D eigenvalue weighted by atomic mass is 10.1. The van der Waals surface area contributed by atoms with Gasteiger partial charge in [0, 0.05) is 52.5 Å². The Balaban J connectivity index is 1.61. The minimum atomic E-state index is 0.558. The van der Waals surface area contributed by atoms with Crippen LogP contribution in [0.3, 0.4) is 0 Å². The zero-order valence-corrected chi connectivity index (χ0v) is 14.6. The normalized spacial score (nSPS) is 19.5. The summed E-state index contributed by atoms with van der Waals surface area (Å²) < 4.78 is 5.35. The van der Waals surface area contributed by atoms with Gasteiger partial charge in [-0.25, -0.2) is 0 Å². The van der Waals surface area contributed by atoms with Gasteiger partial charge in [-0.05, 0) is 17.5 Å². The number of ether oxygens (including phenoxy) is 1. The highest BCUT2D eigenvalue weighted by molar-refractivity contribution is 5.16. The Morgan fingerprint density at radius 1 is 0.875 bits per heavy atom. The van der Waals surface area contributed by atoms with Gasteiger partial charge in [0.15, 0.2) is 0 Å². The first kappa shape index (κ1) is 17.2. The summed E-state index contributed by atoms with van der Waals surface area (Å²) in [6, 6.07) is 22.1. The van der Waals surface area contributed by atoms with Crippen molar-refractivity contribution in [3.63, 3.8) is 0 Å². The van der Waals surface area contributed by atoms with Gasteiger partial charge < -0.3 is 4.74 Å². The van der Waals surface area contributed by atoms with Crippen LogP contribution in [0, 0.1) is 0 Å². The fourth-order valence-electron chi connectivity index (χ4n) is 3.50. The first-order valence-corrected chi connectivity index (χ1v) is 8.88. The molecular weight excluding hydrogens is 296 g/mol. The van der Waals surface area contributed by atoms with Gasteiger partial charge in [0.2, 0.25) is 0 Å². The quantitative estimate of drug-likeness (QED) is 0.776. The molecule has 0 unspecified atom stereocenters. The molecule has 24 heavy (non-hydrogen) atoms. The molecule has 1 heterocycles. The SMILES string of the molecule is COCC[C@H]1CN(Cc2ccccc2)CCN1Cc1ccccc1. The number of nitrogens with zero attached hydrogens (tertiary/aromatic N) is 2. The highest BCUT2D eigenvalue weighted by Gasteiger charge is 2.26. The summed E-state index contributed by atoms with van der Waals surface area (Å²) in [5.74, 6) is 0. The van der Waals surface area contributed by atoms with E-state index in [1.165, 1.54) is 11.1 Å². The van der Waals surface area contributed by atoms with Crippen molar-refractivity contribution in [3.05, 3.63) is 71.8 Å². The zero-order chi connectivity index (χ0) is 16.6. The molecule has 2 aromatic rings. The number of piperazine rings is 1. The van der Waals surface area contributed by atoms with E-state index in [-0.39, 0.29) is 0 Å². The van der Waals surface area contributed by atoms with Crippen molar-refractivity contribution in [3.8, 4) is 0 Å². The highest BCUT2D eigenvalue weighted by Crippen LogP contribution is 2.18. The highest BCUT2D eigenvalue weighted by atomic mass is 16.5. The van der Waals surface area contributed by atoms with E-state index in [2.05, 4.69) is 70.5 Å². The second-order valence-corrected chi connectivity index (χ2v) is 6.61. The summed E-state index contributed by atoms with van der Waals surface area (Å²) in [6.45, 7) is 6.28. The predicted molar refractivity (Wildman–Crippen MR) is 98.9 cm³/mol. The van der Waals surface area contributed by atoms with Gasteiger partial charge in [0.25, 0.3) is 0 Å². The van der Waals surface area contributed by atoms with Crippen LogP contribution < -0.4 is 0 Å². The van der Waals surface area contributed by atoms with Gasteiger partial charge in [-0.1, -0.05) is 60.7 Å². The molecule has 1 fully saturated rings. The fourth-order valence-corrected chi connectivity index (χ4v) is 3.50. The molecule has 0 aliphatic carbocycles. The lowest BCUT2D eigenvalue weighted by Crippen LogP contribution is -2.52. The van der Waals surface area contributed by atoms with E-state index in [4.69, 9.17) is 4.74 Å². The third-order valence-corrected chi connectivity index (χ3v) is 4.82. The molecule has 0 N–H and O–H groups in total. The monoisotopic (exact) mass is 324 g/mol. The van der Waals surface area contributed by atoms with Crippen LogP contribution in [0.25, 0.3) is 0 Å². The topological polar surface area (TPSA) is 15.7 Å². The fraction of sp³-hybridized carbons (Fsp3) is 0.429. The Morgan fingerprint density at radius 3 is 2.12 bits per heavy atom. The molecule has 1 saturated heterocycles. The maximum Gasteiger partial charge on any atom is 0.0477 e. The van der Waals surface area contributed by atoms with Crippen molar-refractivity contribution < 1.29 is 4.74 Å². The number of rotatable bonds is 7. The van der Waals surface area contributed by atoms with Gasteiger partial charge in [-0.15, -0.1) is 0 Å². The number of methoxy groups -OCH3 is 1. The van der Waals surface area contributed by atoms with Crippen LogP contribution in [0.5, 0.6) is 0 Å². The Bertz CT molecular complexity index is 587. The number of hydrogen-bond donors (Lipinski definition) is 0. The molecule has 0 aromatic heterocycles. The molecule has 0 bridgehead atoms. The molecule has 0 amide bonds. The van der Waals surface area contributed by atoms with Crippen molar-refractivity contribution in [1.82, 2.24) is 9.80 Å². The van der Waals surface area contributed by atoms with Crippen molar-refractivity contribution in [2.75, 3.05) is 33.4 Å². The average molecular weight is 324 g/mol. The van der Waals surface area contributed by atoms with Crippen LogP contribution in [0.1, 0.15) is 17.5 Å². The van der Waals surface area contributed by atoms with E-state index in [9.17, 15) is 0 Å². The van der Waals surface area contributed by atoms with Crippen LogP contribution in [0.2, 0.25) is 0 Å². The lowest BCUT2D eigenvalue weighted by Gasteiger charge is -2.41. The van der Waals surface area contributed by atoms with Gasteiger partial charge in [-0.2, -0.15) is 0 Å². The molecule has 1 atom stereocenters. The van der Waals surface area contributed by atoms with Crippen LogP contribution >= 0.6 is 0 Å². The standard InChI is InChI=1S/C21H28N2O/c1-24-15-12-21-18-22(16-19-8-4-2-5-9-19)13-14-23(21)17-20-10-6-3-7-11-20/h2-11,21H,12-18H2,1H3/t21-/m0/s1. The minimum Gasteiger partial charge on any atom is -0.385 e. The molecule has 1 aliphatic rings. The maximum absolute atomic E-state index is 5.35. The van der Waals surface area contributed by atoms with Gasteiger partial charge in [0.05, 0.1) is 0 Å². The first-order chi connectivity index (χ1) is 11.8. The summed E-state index contributed by atoms with van der Waals surface area (Å²) in [5, 5.41) is 0. The minimum absolute atomic E-state index is 0.558. The molecule has 3 nitrogen and oxygen atoms in total. The van der Waals surface area contributed by atoms with E-state index in [1.54, 1.807) is 7.11 Å². The van der Waals surface area contributed by atoms with E-state index < -0.39 is 0 Å². The Labute approximate surface area is 145 Å². The molecule has 0 spiro atoms. The second kappa shape index (κ2) is 8.97.